The predicted molar refractivity (Wildman–Crippen MR) is 105 cm³/mol. The topological polar surface area (TPSA) is 29.1 Å². The van der Waals surface area contributed by atoms with E-state index in [0.717, 1.165) is 34.6 Å². The van der Waals surface area contributed by atoms with Crippen LogP contribution in [-0.4, -0.2) is 5.91 Å². The van der Waals surface area contributed by atoms with E-state index < -0.39 is 0 Å². The van der Waals surface area contributed by atoms with Crippen LogP contribution in [0.15, 0.2) is 48.5 Å². The van der Waals surface area contributed by atoms with Crippen LogP contribution in [0.3, 0.4) is 0 Å². The number of nitrogens with one attached hydrogen (secondary N) is 1. The molecule has 2 heteroatoms. The van der Waals surface area contributed by atoms with E-state index in [1.54, 1.807) is 0 Å². The Morgan fingerprint density at radius 1 is 0.885 bits per heavy atom. The zero-order valence-electron chi connectivity index (χ0n) is 15.5. The van der Waals surface area contributed by atoms with Crippen LogP contribution in [0.1, 0.15) is 60.0 Å². The van der Waals surface area contributed by atoms with Crippen LogP contribution in [0.2, 0.25) is 0 Å². The van der Waals surface area contributed by atoms with E-state index in [4.69, 9.17) is 0 Å². The van der Waals surface area contributed by atoms with Crippen molar-refractivity contribution in [2.75, 3.05) is 5.32 Å². The van der Waals surface area contributed by atoms with Gasteiger partial charge in [-0.1, -0.05) is 30.3 Å². The zero-order chi connectivity index (χ0) is 17.7. The smallest absolute Gasteiger partial charge is 0.255 e. The highest BCUT2D eigenvalue weighted by Gasteiger charge is 2.51. The van der Waals surface area contributed by atoms with Crippen molar-refractivity contribution >= 4 is 11.6 Å². The molecule has 1 amide bonds. The Balaban J connectivity index is 1.35. The largest absolute Gasteiger partial charge is 0.322 e. The number of rotatable bonds is 3. The van der Waals surface area contributed by atoms with Crippen LogP contribution in [-0.2, 0) is 5.41 Å². The maximum absolute atomic E-state index is 12.5. The second-order valence-electron chi connectivity index (χ2n) is 9.04. The molecule has 0 atom stereocenters. The summed E-state index contributed by atoms with van der Waals surface area (Å²) < 4.78 is 0. The molecular formula is C24H27NO. The monoisotopic (exact) mass is 345 g/mol. The lowest BCUT2D eigenvalue weighted by Crippen LogP contribution is -2.48. The molecule has 0 spiro atoms. The number of hydrogen-bond donors (Lipinski definition) is 1. The molecule has 4 bridgehead atoms. The van der Waals surface area contributed by atoms with Crippen LogP contribution in [0.5, 0.6) is 0 Å². The summed E-state index contributed by atoms with van der Waals surface area (Å²) in [6.45, 7) is 1.98. The lowest BCUT2D eigenvalue weighted by atomic mass is 9.48. The van der Waals surface area contributed by atoms with Gasteiger partial charge in [0, 0.05) is 11.3 Å². The molecule has 0 aromatic heterocycles. The van der Waals surface area contributed by atoms with Gasteiger partial charge in [0.15, 0.2) is 0 Å². The summed E-state index contributed by atoms with van der Waals surface area (Å²) in [5, 5.41) is 3.06. The molecule has 6 rings (SSSR count). The van der Waals surface area contributed by atoms with Gasteiger partial charge in [0.2, 0.25) is 0 Å². The van der Waals surface area contributed by atoms with Crippen molar-refractivity contribution in [3.05, 3.63) is 65.2 Å². The Kier molecular flexibility index (Phi) is 3.70. The first kappa shape index (κ1) is 16.1. The van der Waals surface area contributed by atoms with E-state index in [1.165, 1.54) is 44.1 Å². The molecule has 26 heavy (non-hydrogen) atoms. The van der Waals surface area contributed by atoms with Gasteiger partial charge in [0.1, 0.15) is 0 Å². The van der Waals surface area contributed by atoms with Crippen LogP contribution in [0.25, 0.3) is 0 Å². The van der Waals surface area contributed by atoms with E-state index >= 15 is 0 Å². The maximum Gasteiger partial charge on any atom is 0.255 e. The molecule has 1 N–H and O–H groups in total. The molecule has 0 aliphatic heterocycles. The highest BCUT2D eigenvalue weighted by molar-refractivity contribution is 6.05. The first-order valence-corrected chi connectivity index (χ1v) is 10.1. The highest BCUT2D eigenvalue weighted by Crippen LogP contribution is 2.60. The molecule has 4 aliphatic rings. The van der Waals surface area contributed by atoms with Crippen molar-refractivity contribution in [1.82, 2.24) is 0 Å². The lowest BCUT2D eigenvalue weighted by Gasteiger charge is -2.57. The van der Waals surface area contributed by atoms with Gasteiger partial charge in [0.25, 0.3) is 5.91 Å². The van der Waals surface area contributed by atoms with E-state index in [1.807, 2.05) is 31.2 Å². The molecule has 0 saturated heterocycles. The summed E-state index contributed by atoms with van der Waals surface area (Å²) >= 11 is 0. The molecule has 2 nitrogen and oxygen atoms in total. The number of carbonyl (C=O) groups is 1. The standard InChI is InChI=1S/C24H27NO/c1-16-4-2-3-5-22(16)23(26)25-21-8-6-20(7-9-21)24-13-17-10-18(14-24)12-19(11-17)15-24/h2-9,17-19H,10-15H2,1H3,(H,25,26). The van der Waals surface area contributed by atoms with E-state index in [9.17, 15) is 4.79 Å². The van der Waals surface area contributed by atoms with Crippen molar-refractivity contribution in [2.45, 2.75) is 50.9 Å². The second kappa shape index (κ2) is 5.97. The molecule has 4 fully saturated rings. The summed E-state index contributed by atoms with van der Waals surface area (Å²) in [5.41, 5.74) is 4.58. The van der Waals surface area contributed by atoms with E-state index in [-0.39, 0.29) is 5.91 Å². The number of anilines is 1. The summed E-state index contributed by atoms with van der Waals surface area (Å²) in [6.07, 6.45) is 8.58. The maximum atomic E-state index is 12.5. The van der Waals surface area contributed by atoms with Gasteiger partial charge in [0.05, 0.1) is 0 Å². The summed E-state index contributed by atoms with van der Waals surface area (Å²) in [6, 6.07) is 16.5. The minimum absolute atomic E-state index is 0.0225. The van der Waals surface area contributed by atoms with Gasteiger partial charge in [-0.15, -0.1) is 0 Å². The molecule has 134 valence electrons. The molecule has 0 heterocycles. The molecule has 4 aliphatic carbocycles. The van der Waals surface area contributed by atoms with Gasteiger partial charge >= 0.3 is 0 Å². The van der Waals surface area contributed by atoms with Gasteiger partial charge in [-0.3, -0.25) is 4.79 Å². The van der Waals surface area contributed by atoms with Crippen LogP contribution in [0.4, 0.5) is 5.69 Å². The number of benzene rings is 2. The van der Waals surface area contributed by atoms with Crippen LogP contribution >= 0.6 is 0 Å². The molecule has 2 aromatic rings. The average molecular weight is 345 g/mol. The van der Waals surface area contributed by atoms with Crippen LogP contribution < -0.4 is 5.32 Å². The fraction of sp³-hybridized carbons (Fsp3) is 0.458. The predicted octanol–water partition coefficient (Wildman–Crippen LogP) is 5.72. The Labute approximate surface area is 156 Å². The molecule has 2 aromatic carbocycles. The Bertz CT molecular complexity index is 800. The third kappa shape index (κ3) is 2.67. The molecular weight excluding hydrogens is 318 g/mol. The summed E-state index contributed by atoms with van der Waals surface area (Å²) in [4.78, 5) is 12.5. The Hall–Kier alpha value is -2.09. The number of hydrogen-bond acceptors (Lipinski definition) is 1. The third-order valence-electron chi connectivity index (χ3n) is 7.18. The van der Waals surface area contributed by atoms with Gasteiger partial charge in [-0.25, -0.2) is 0 Å². The van der Waals surface area contributed by atoms with Crippen molar-refractivity contribution in [2.24, 2.45) is 17.8 Å². The van der Waals surface area contributed by atoms with Gasteiger partial charge in [-0.2, -0.15) is 0 Å². The van der Waals surface area contributed by atoms with E-state index in [2.05, 4.69) is 29.6 Å². The van der Waals surface area contributed by atoms with Crippen molar-refractivity contribution in [3.63, 3.8) is 0 Å². The first-order chi connectivity index (χ1) is 12.6. The quantitative estimate of drug-likeness (QED) is 0.758. The fourth-order valence-corrected chi connectivity index (χ4v) is 6.40. The fourth-order valence-electron chi connectivity index (χ4n) is 6.40. The molecule has 0 radical (unpaired) electrons. The van der Waals surface area contributed by atoms with Crippen molar-refractivity contribution in [1.29, 1.82) is 0 Å². The zero-order valence-corrected chi connectivity index (χ0v) is 15.5. The number of aryl methyl sites for hydroxylation is 1. The minimum Gasteiger partial charge on any atom is -0.322 e. The Morgan fingerprint density at radius 3 is 2.04 bits per heavy atom. The van der Waals surface area contributed by atoms with Crippen molar-refractivity contribution in [3.8, 4) is 0 Å². The molecule has 4 saturated carbocycles. The minimum atomic E-state index is -0.0225. The first-order valence-electron chi connectivity index (χ1n) is 10.1. The SMILES string of the molecule is Cc1ccccc1C(=O)Nc1ccc(C23CC4CC(CC(C4)C2)C3)cc1. The summed E-state index contributed by atoms with van der Waals surface area (Å²) in [5.74, 6) is 2.86. The van der Waals surface area contributed by atoms with Gasteiger partial charge in [-0.05, 0) is 97.9 Å². The van der Waals surface area contributed by atoms with Crippen LogP contribution in [0, 0.1) is 24.7 Å². The normalized spacial score (nSPS) is 31.8. The third-order valence-corrected chi connectivity index (χ3v) is 7.18. The van der Waals surface area contributed by atoms with Crippen molar-refractivity contribution < 1.29 is 4.79 Å². The molecule has 0 unspecified atom stereocenters. The average Bonchev–Trinajstić information content (AvgIpc) is 2.61. The highest BCUT2D eigenvalue weighted by atomic mass is 16.1. The number of carbonyl (C=O) groups excluding carboxylic acids is 1. The summed E-state index contributed by atoms with van der Waals surface area (Å²) in [7, 11) is 0. The van der Waals surface area contributed by atoms with E-state index in [0.29, 0.717) is 5.41 Å². The number of amides is 1. The second-order valence-corrected chi connectivity index (χ2v) is 9.04. The lowest BCUT2D eigenvalue weighted by molar-refractivity contribution is -0.00518. The van der Waals surface area contributed by atoms with Gasteiger partial charge < -0.3 is 5.32 Å². The Morgan fingerprint density at radius 2 is 1.46 bits per heavy atom.